The Kier molecular flexibility index (Phi) is 7.12. The van der Waals surface area contributed by atoms with Crippen molar-refractivity contribution in [2.24, 2.45) is 7.05 Å². The second-order valence-corrected chi connectivity index (χ2v) is 6.19. The highest BCUT2D eigenvalue weighted by Crippen LogP contribution is 2.26. The zero-order valence-corrected chi connectivity index (χ0v) is 15.9. The van der Waals surface area contributed by atoms with Gasteiger partial charge in [0, 0.05) is 20.1 Å². The molecule has 136 valence electrons. The molecule has 0 fully saturated rings. The molecule has 0 saturated carbocycles. The number of hydrogen-bond donors (Lipinski definition) is 0. The lowest BCUT2D eigenvalue weighted by Crippen LogP contribution is -2.31. The topological polar surface area (TPSA) is 69.5 Å². The van der Waals surface area contributed by atoms with Crippen LogP contribution in [0.15, 0.2) is 29.4 Å². The van der Waals surface area contributed by atoms with Crippen LogP contribution >= 0.6 is 11.8 Å². The van der Waals surface area contributed by atoms with Crippen LogP contribution in [0.4, 0.5) is 0 Å². The lowest BCUT2D eigenvalue weighted by atomic mass is 10.3. The van der Waals surface area contributed by atoms with E-state index in [1.807, 2.05) is 49.7 Å². The average molecular weight is 364 g/mol. The first kappa shape index (κ1) is 19.1. The standard InChI is InChI=1S/C17H24N4O3S/c1-5-21(6-2)16(22)12-25-17-19-18-15(20(17)3)11-24-14-10-8-7-9-13(14)23-4/h7-10H,5-6,11-12H2,1-4H3. The summed E-state index contributed by atoms with van der Waals surface area (Å²) in [5.74, 6) is 2.46. The zero-order valence-electron chi connectivity index (χ0n) is 15.1. The highest BCUT2D eigenvalue weighted by atomic mass is 32.2. The van der Waals surface area contributed by atoms with E-state index in [-0.39, 0.29) is 12.5 Å². The first-order valence-electron chi connectivity index (χ1n) is 8.15. The summed E-state index contributed by atoms with van der Waals surface area (Å²) in [5, 5.41) is 8.99. The molecule has 0 N–H and O–H groups in total. The number of nitrogens with zero attached hydrogens (tertiary/aromatic N) is 4. The third kappa shape index (κ3) is 4.88. The molecule has 8 heteroatoms. The van der Waals surface area contributed by atoms with Gasteiger partial charge in [0.2, 0.25) is 5.91 Å². The van der Waals surface area contributed by atoms with Crippen LogP contribution in [0.3, 0.4) is 0 Å². The number of aromatic nitrogens is 3. The van der Waals surface area contributed by atoms with Crippen molar-refractivity contribution in [3.8, 4) is 11.5 Å². The van der Waals surface area contributed by atoms with Crippen molar-refractivity contribution in [2.45, 2.75) is 25.6 Å². The summed E-state index contributed by atoms with van der Waals surface area (Å²) in [6.45, 7) is 5.65. The minimum atomic E-state index is 0.102. The van der Waals surface area contributed by atoms with Crippen LogP contribution in [-0.4, -0.2) is 51.5 Å². The number of ether oxygens (including phenoxy) is 2. The number of carbonyl (C=O) groups is 1. The highest BCUT2D eigenvalue weighted by molar-refractivity contribution is 7.99. The van der Waals surface area contributed by atoms with Gasteiger partial charge >= 0.3 is 0 Å². The number of carbonyl (C=O) groups excluding carboxylic acids is 1. The summed E-state index contributed by atoms with van der Waals surface area (Å²) < 4.78 is 12.9. The fraction of sp³-hybridized carbons (Fsp3) is 0.471. The van der Waals surface area contributed by atoms with Crippen molar-refractivity contribution >= 4 is 17.7 Å². The number of thioether (sulfide) groups is 1. The first-order valence-corrected chi connectivity index (χ1v) is 9.13. The quantitative estimate of drug-likeness (QED) is 0.636. The molecule has 25 heavy (non-hydrogen) atoms. The number of hydrogen-bond acceptors (Lipinski definition) is 6. The Hall–Kier alpha value is -2.22. The monoisotopic (exact) mass is 364 g/mol. The maximum Gasteiger partial charge on any atom is 0.233 e. The summed E-state index contributed by atoms with van der Waals surface area (Å²) in [6, 6.07) is 7.45. The molecule has 2 rings (SSSR count). The molecule has 0 saturated heterocycles. The molecule has 2 aromatic rings. The lowest BCUT2D eigenvalue weighted by Gasteiger charge is -2.17. The molecule has 1 heterocycles. The molecule has 1 aromatic carbocycles. The third-order valence-corrected chi connectivity index (χ3v) is 4.80. The third-order valence-electron chi connectivity index (χ3n) is 3.79. The Labute approximate surface area is 152 Å². The Balaban J connectivity index is 1.95. The Morgan fingerprint density at radius 2 is 1.88 bits per heavy atom. The smallest absolute Gasteiger partial charge is 0.233 e. The molecule has 0 unspecified atom stereocenters. The Morgan fingerprint density at radius 1 is 1.20 bits per heavy atom. The van der Waals surface area contributed by atoms with Gasteiger partial charge in [0.1, 0.15) is 6.61 Å². The normalized spacial score (nSPS) is 10.6. The molecular weight excluding hydrogens is 340 g/mol. The molecule has 0 aliphatic rings. The molecule has 0 bridgehead atoms. The number of rotatable bonds is 9. The maximum absolute atomic E-state index is 12.1. The van der Waals surface area contributed by atoms with Crippen LogP contribution in [0.5, 0.6) is 11.5 Å². The van der Waals surface area contributed by atoms with E-state index in [1.54, 1.807) is 12.0 Å². The van der Waals surface area contributed by atoms with Gasteiger partial charge in [0.15, 0.2) is 22.5 Å². The summed E-state index contributed by atoms with van der Waals surface area (Å²) in [5.41, 5.74) is 0. The van der Waals surface area contributed by atoms with E-state index in [9.17, 15) is 4.79 Å². The van der Waals surface area contributed by atoms with Gasteiger partial charge in [-0.15, -0.1) is 10.2 Å². The maximum atomic E-state index is 12.1. The van der Waals surface area contributed by atoms with Crippen LogP contribution in [0.25, 0.3) is 0 Å². The minimum Gasteiger partial charge on any atom is -0.493 e. The van der Waals surface area contributed by atoms with Crippen molar-refractivity contribution in [3.05, 3.63) is 30.1 Å². The van der Waals surface area contributed by atoms with Crippen LogP contribution in [0.1, 0.15) is 19.7 Å². The van der Waals surface area contributed by atoms with Gasteiger partial charge in [0.25, 0.3) is 0 Å². The van der Waals surface area contributed by atoms with Crippen LogP contribution in [0, 0.1) is 0 Å². The van der Waals surface area contributed by atoms with Crippen molar-refractivity contribution < 1.29 is 14.3 Å². The summed E-state index contributed by atoms with van der Waals surface area (Å²) in [4.78, 5) is 13.9. The van der Waals surface area contributed by atoms with Gasteiger partial charge in [-0.3, -0.25) is 4.79 Å². The van der Waals surface area contributed by atoms with Gasteiger partial charge in [-0.05, 0) is 26.0 Å². The molecule has 0 spiro atoms. The molecule has 0 radical (unpaired) electrons. The van der Waals surface area contributed by atoms with E-state index in [4.69, 9.17) is 9.47 Å². The van der Waals surface area contributed by atoms with Gasteiger partial charge in [-0.2, -0.15) is 0 Å². The van der Waals surface area contributed by atoms with Crippen molar-refractivity contribution in [1.29, 1.82) is 0 Å². The zero-order chi connectivity index (χ0) is 18.2. The molecule has 7 nitrogen and oxygen atoms in total. The summed E-state index contributed by atoms with van der Waals surface area (Å²) in [6.07, 6.45) is 0. The highest BCUT2D eigenvalue weighted by Gasteiger charge is 2.15. The molecule has 0 aliphatic heterocycles. The largest absolute Gasteiger partial charge is 0.493 e. The Morgan fingerprint density at radius 3 is 2.52 bits per heavy atom. The van der Waals surface area contributed by atoms with E-state index < -0.39 is 0 Å². The van der Waals surface area contributed by atoms with Gasteiger partial charge in [0.05, 0.1) is 12.9 Å². The number of benzene rings is 1. The van der Waals surface area contributed by atoms with E-state index in [1.165, 1.54) is 11.8 Å². The fourth-order valence-corrected chi connectivity index (χ4v) is 3.10. The second-order valence-electron chi connectivity index (χ2n) is 5.25. The molecule has 0 atom stereocenters. The van der Waals surface area contributed by atoms with Crippen molar-refractivity contribution in [2.75, 3.05) is 26.0 Å². The van der Waals surface area contributed by atoms with E-state index in [2.05, 4.69) is 10.2 Å². The molecular formula is C17H24N4O3S. The number of methoxy groups -OCH3 is 1. The molecule has 1 aromatic heterocycles. The predicted octanol–water partition coefficient (Wildman–Crippen LogP) is 2.36. The van der Waals surface area contributed by atoms with Crippen molar-refractivity contribution in [3.63, 3.8) is 0 Å². The number of amides is 1. The second kappa shape index (κ2) is 9.31. The lowest BCUT2D eigenvalue weighted by molar-refractivity contribution is -0.127. The SMILES string of the molecule is CCN(CC)C(=O)CSc1nnc(COc2ccccc2OC)n1C. The van der Waals surface area contributed by atoms with Crippen LogP contribution < -0.4 is 9.47 Å². The summed E-state index contributed by atoms with van der Waals surface area (Å²) in [7, 11) is 3.47. The average Bonchev–Trinajstić information content (AvgIpc) is 2.99. The first-order chi connectivity index (χ1) is 12.1. The van der Waals surface area contributed by atoms with Gasteiger partial charge in [-0.1, -0.05) is 23.9 Å². The molecule has 1 amide bonds. The van der Waals surface area contributed by atoms with E-state index in [0.29, 0.717) is 41.3 Å². The van der Waals surface area contributed by atoms with Gasteiger partial charge < -0.3 is 18.9 Å². The fourth-order valence-electron chi connectivity index (χ4n) is 2.27. The predicted molar refractivity (Wildman–Crippen MR) is 97.0 cm³/mol. The Bertz CT molecular complexity index is 701. The minimum absolute atomic E-state index is 0.102. The number of para-hydroxylation sites is 2. The van der Waals surface area contributed by atoms with Crippen LogP contribution in [-0.2, 0) is 18.4 Å². The van der Waals surface area contributed by atoms with E-state index in [0.717, 1.165) is 0 Å². The van der Waals surface area contributed by atoms with Crippen molar-refractivity contribution in [1.82, 2.24) is 19.7 Å². The van der Waals surface area contributed by atoms with E-state index >= 15 is 0 Å². The van der Waals surface area contributed by atoms with Gasteiger partial charge in [-0.25, -0.2) is 0 Å². The van der Waals surface area contributed by atoms with Crippen LogP contribution in [0.2, 0.25) is 0 Å². The summed E-state index contributed by atoms with van der Waals surface area (Å²) >= 11 is 1.38. The molecule has 0 aliphatic carbocycles.